The summed E-state index contributed by atoms with van der Waals surface area (Å²) in [7, 11) is 1.62. The second-order valence-electron chi connectivity index (χ2n) is 7.53. The molecule has 1 unspecified atom stereocenters. The molecule has 1 aromatic heterocycles. The Balaban J connectivity index is 1.60. The van der Waals surface area contributed by atoms with Crippen molar-refractivity contribution in [1.29, 1.82) is 0 Å². The highest BCUT2D eigenvalue weighted by Gasteiger charge is 2.27. The van der Waals surface area contributed by atoms with Crippen LogP contribution in [0.1, 0.15) is 41.4 Å². The number of methoxy groups -OCH3 is 1. The molecule has 162 valence electrons. The lowest BCUT2D eigenvalue weighted by Gasteiger charge is -2.33. The number of aromatic nitrogens is 2. The minimum absolute atomic E-state index is 0.0171. The van der Waals surface area contributed by atoms with E-state index in [-0.39, 0.29) is 18.4 Å². The molecule has 30 heavy (non-hydrogen) atoms. The molecule has 2 aromatic rings. The van der Waals surface area contributed by atoms with Gasteiger partial charge in [-0.1, -0.05) is 30.3 Å². The molecule has 0 radical (unpaired) electrons. The topological polar surface area (TPSA) is 73.8 Å². The Hall–Kier alpha value is -2.35. The van der Waals surface area contributed by atoms with Crippen molar-refractivity contribution in [2.24, 2.45) is 0 Å². The number of benzene rings is 1. The predicted molar refractivity (Wildman–Crippen MR) is 113 cm³/mol. The molecule has 0 aliphatic carbocycles. The summed E-state index contributed by atoms with van der Waals surface area (Å²) >= 11 is 0. The minimum Gasteiger partial charge on any atom is -0.382 e. The molecule has 0 bridgehead atoms. The zero-order valence-corrected chi connectivity index (χ0v) is 17.9. The first-order valence-electron chi connectivity index (χ1n) is 10.5. The smallest absolute Gasteiger partial charge is 0.248 e. The highest BCUT2D eigenvalue weighted by atomic mass is 16.5. The fraction of sp³-hybridized carbons (Fsp3) is 0.522. The second-order valence-corrected chi connectivity index (χ2v) is 7.53. The lowest BCUT2D eigenvalue weighted by molar-refractivity contribution is -0.137. The minimum atomic E-state index is 0.0171. The summed E-state index contributed by atoms with van der Waals surface area (Å²) in [6.07, 6.45) is 3.80. The first-order valence-corrected chi connectivity index (χ1v) is 10.5. The first kappa shape index (κ1) is 22.3. The maximum absolute atomic E-state index is 12.5. The molecule has 0 spiro atoms. The summed E-state index contributed by atoms with van der Waals surface area (Å²) in [5.41, 5.74) is 3.12. The van der Waals surface area contributed by atoms with Crippen LogP contribution in [0.15, 0.2) is 36.5 Å². The summed E-state index contributed by atoms with van der Waals surface area (Å²) < 4.78 is 16.3. The van der Waals surface area contributed by atoms with Gasteiger partial charge in [-0.15, -0.1) is 0 Å². The van der Waals surface area contributed by atoms with Crippen molar-refractivity contribution >= 4 is 5.91 Å². The number of aryl methyl sites for hydroxylation is 1. The fourth-order valence-corrected chi connectivity index (χ4v) is 3.65. The van der Waals surface area contributed by atoms with Gasteiger partial charge in [0, 0.05) is 37.9 Å². The Morgan fingerprint density at radius 2 is 2.00 bits per heavy atom. The number of ether oxygens (including phenoxy) is 3. The molecule has 1 aliphatic heterocycles. The highest BCUT2D eigenvalue weighted by Crippen LogP contribution is 2.28. The van der Waals surface area contributed by atoms with Crippen LogP contribution in [0.5, 0.6) is 0 Å². The predicted octanol–water partition coefficient (Wildman–Crippen LogP) is 2.87. The number of likely N-dealkylation sites (tertiary alicyclic amines) is 1. The van der Waals surface area contributed by atoms with E-state index in [9.17, 15) is 4.79 Å². The van der Waals surface area contributed by atoms with Crippen LogP contribution in [0.25, 0.3) is 0 Å². The van der Waals surface area contributed by atoms with E-state index in [1.54, 1.807) is 7.11 Å². The Morgan fingerprint density at radius 1 is 1.17 bits per heavy atom. The van der Waals surface area contributed by atoms with Crippen LogP contribution in [0.4, 0.5) is 0 Å². The number of piperidine rings is 1. The van der Waals surface area contributed by atoms with Crippen molar-refractivity contribution in [2.75, 3.05) is 40.0 Å². The normalized spacial score (nSPS) is 16.6. The SMILES string of the molecule is COCCOCC(=O)N1CCCC(c2nc(C)ncc2COCc2ccccc2)C1. The lowest BCUT2D eigenvalue weighted by atomic mass is 9.92. The molecule has 7 nitrogen and oxygen atoms in total. The van der Waals surface area contributed by atoms with E-state index in [0.717, 1.165) is 42.0 Å². The van der Waals surface area contributed by atoms with Crippen LogP contribution in [0.3, 0.4) is 0 Å². The third-order valence-electron chi connectivity index (χ3n) is 5.21. The summed E-state index contributed by atoms with van der Waals surface area (Å²) in [6.45, 7) is 5.30. The molecule has 1 aromatic carbocycles. The molecule has 1 fully saturated rings. The Bertz CT molecular complexity index is 800. The Labute approximate surface area is 178 Å². The monoisotopic (exact) mass is 413 g/mol. The van der Waals surface area contributed by atoms with E-state index < -0.39 is 0 Å². The molecule has 2 heterocycles. The van der Waals surface area contributed by atoms with Crippen LogP contribution in [0, 0.1) is 6.92 Å². The van der Waals surface area contributed by atoms with E-state index in [2.05, 4.69) is 4.98 Å². The molecule has 3 rings (SSSR count). The van der Waals surface area contributed by atoms with Gasteiger partial charge in [-0.05, 0) is 25.3 Å². The Morgan fingerprint density at radius 3 is 2.80 bits per heavy atom. The van der Waals surface area contributed by atoms with Gasteiger partial charge < -0.3 is 19.1 Å². The van der Waals surface area contributed by atoms with Crippen LogP contribution in [-0.2, 0) is 32.2 Å². The standard InChI is InChI=1S/C23H31N3O4/c1-18-24-13-21(16-30-15-19-7-4-3-5-8-19)23(25-18)20-9-6-10-26(14-20)22(27)17-29-12-11-28-2/h3-5,7-8,13,20H,6,9-12,14-17H2,1-2H3. The van der Waals surface area contributed by atoms with E-state index >= 15 is 0 Å². The molecule has 1 aliphatic rings. The summed E-state index contributed by atoms with van der Waals surface area (Å²) in [4.78, 5) is 23.5. The van der Waals surface area contributed by atoms with Crippen LogP contribution in [-0.4, -0.2) is 60.8 Å². The maximum Gasteiger partial charge on any atom is 0.248 e. The number of rotatable bonds is 10. The number of hydrogen-bond acceptors (Lipinski definition) is 6. The van der Waals surface area contributed by atoms with Gasteiger partial charge in [-0.25, -0.2) is 9.97 Å². The zero-order chi connectivity index (χ0) is 21.2. The number of carbonyl (C=O) groups excluding carboxylic acids is 1. The van der Waals surface area contributed by atoms with E-state index in [1.807, 2.05) is 48.4 Å². The average Bonchev–Trinajstić information content (AvgIpc) is 2.78. The molecule has 1 amide bonds. The van der Waals surface area contributed by atoms with Gasteiger partial charge in [-0.3, -0.25) is 4.79 Å². The van der Waals surface area contributed by atoms with Gasteiger partial charge in [0.05, 0.1) is 32.1 Å². The van der Waals surface area contributed by atoms with Crippen molar-refractivity contribution in [3.05, 3.63) is 59.2 Å². The molecule has 1 atom stereocenters. The largest absolute Gasteiger partial charge is 0.382 e. The second kappa shape index (κ2) is 11.7. The summed E-state index contributed by atoms with van der Waals surface area (Å²) in [6, 6.07) is 10.1. The molecule has 0 saturated carbocycles. The average molecular weight is 414 g/mol. The van der Waals surface area contributed by atoms with Gasteiger partial charge in [0.15, 0.2) is 0 Å². The molecule has 1 saturated heterocycles. The number of amides is 1. The summed E-state index contributed by atoms with van der Waals surface area (Å²) in [5.74, 6) is 0.935. The third kappa shape index (κ3) is 6.58. The first-order chi connectivity index (χ1) is 14.7. The van der Waals surface area contributed by atoms with Crippen LogP contribution >= 0.6 is 0 Å². The lowest BCUT2D eigenvalue weighted by Crippen LogP contribution is -2.41. The number of nitrogens with zero attached hydrogens (tertiary/aromatic N) is 3. The van der Waals surface area contributed by atoms with Gasteiger partial charge in [0.2, 0.25) is 5.91 Å². The molecular weight excluding hydrogens is 382 g/mol. The highest BCUT2D eigenvalue weighted by molar-refractivity contribution is 5.77. The van der Waals surface area contributed by atoms with Gasteiger partial charge >= 0.3 is 0 Å². The quantitative estimate of drug-likeness (QED) is 0.558. The van der Waals surface area contributed by atoms with Crippen molar-refractivity contribution in [2.45, 2.75) is 38.9 Å². The van der Waals surface area contributed by atoms with Crippen molar-refractivity contribution in [3.8, 4) is 0 Å². The fourth-order valence-electron chi connectivity index (χ4n) is 3.65. The number of hydrogen-bond donors (Lipinski definition) is 0. The van der Waals surface area contributed by atoms with E-state index in [4.69, 9.17) is 19.2 Å². The van der Waals surface area contributed by atoms with Crippen molar-refractivity contribution in [1.82, 2.24) is 14.9 Å². The van der Waals surface area contributed by atoms with Crippen LogP contribution < -0.4 is 0 Å². The molecule has 0 N–H and O–H groups in total. The van der Waals surface area contributed by atoms with Crippen molar-refractivity contribution in [3.63, 3.8) is 0 Å². The van der Waals surface area contributed by atoms with Gasteiger partial charge in [0.1, 0.15) is 12.4 Å². The van der Waals surface area contributed by atoms with E-state index in [0.29, 0.717) is 33.0 Å². The van der Waals surface area contributed by atoms with E-state index in [1.165, 1.54) is 0 Å². The van der Waals surface area contributed by atoms with Crippen molar-refractivity contribution < 1.29 is 19.0 Å². The summed E-state index contributed by atoms with van der Waals surface area (Å²) in [5, 5.41) is 0. The molecular formula is C23H31N3O4. The zero-order valence-electron chi connectivity index (χ0n) is 17.9. The van der Waals surface area contributed by atoms with Gasteiger partial charge in [-0.2, -0.15) is 0 Å². The maximum atomic E-state index is 12.5. The van der Waals surface area contributed by atoms with Crippen LogP contribution in [0.2, 0.25) is 0 Å². The third-order valence-corrected chi connectivity index (χ3v) is 5.21. The number of carbonyl (C=O) groups is 1. The van der Waals surface area contributed by atoms with Gasteiger partial charge in [0.25, 0.3) is 0 Å². The Kier molecular flexibility index (Phi) is 8.74. The molecule has 7 heteroatoms.